The molecule has 1 saturated heterocycles. The number of aromatic nitrogens is 4. The Kier molecular flexibility index (Phi) is 6.17. The molecule has 0 aromatic carbocycles. The lowest BCUT2D eigenvalue weighted by Gasteiger charge is -2.26. The number of hydrogen-bond donors (Lipinski definition) is 2. The van der Waals surface area contributed by atoms with Gasteiger partial charge in [0.2, 0.25) is 0 Å². The molecule has 168 valence electrons. The molecular formula is C21H21F4N7. The summed E-state index contributed by atoms with van der Waals surface area (Å²) < 4.78 is 53.1. The van der Waals surface area contributed by atoms with Gasteiger partial charge in [-0.15, -0.1) is 0 Å². The highest BCUT2D eigenvalue weighted by molar-refractivity contribution is 6.09. The van der Waals surface area contributed by atoms with Gasteiger partial charge in [0.1, 0.15) is 12.7 Å². The maximum atomic E-state index is 14.4. The second-order valence-corrected chi connectivity index (χ2v) is 7.43. The zero-order valence-corrected chi connectivity index (χ0v) is 16.9. The Morgan fingerprint density at radius 3 is 2.91 bits per heavy atom. The van der Waals surface area contributed by atoms with E-state index in [0.29, 0.717) is 47.6 Å². The summed E-state index contributed by atoms with van der Waals surface area (Å²) in [5, 5.41) is 8.25. The molecule has 0 aliphatic carbocycles. The number of rotatable bonds is 5. The van der Waals surface area contributed by atoms with E-state index < -0.39 is 18.9 Å². The summed E-state index contributed by atoms with van der Waals surface area (Å²) in [6.07, 6.45) is 0.378. The zero-order valence-electron chi connectivity index (χ0n) is 16.9. The summed E-state index contributed by atoms with van der Waals surface area (Å²) in [6, 6.07) is 6.99. The first-order valence-corrected chi connectivity index (χ1v) is 10.0. The van der Waals surface area contributed by atoms with Gasteiger partial charge in [0.05, 0.1) is 23.1 Å². The maximum Gasteiger partial charge on any atom is 0.407 e. The van der Waals surface area contributed by atoms with Crippen LogP contribution in [0.15, 0.2) is 47.9 Å². The minimum atomic E-state index is -4.41. The molecule has 2 unspecified atom stereocenters. The van der Waals surface area contributed by atoms with Gasteiger partial charge in [-0.2, -0.15) is 18.3 Å². The molecule has 1 aliphatic heterocycles. The number of piperidine rings is 1. The molecule has 0 radical (unpaired) electrons. The van der Waals surface area contributed by atoms with Crippen molar-refractivity contribution in [1.82, 2.24) is 25.1 Å². The third-order valence-electron chi connectivity index (χ3n) is 5.18. The van der Waals surface area contributed by atoms with Gasteiger partial charge in [-0.1, -0.05) is 6.07 Å². The third kappa shape index (κ3) is 4.77. The normalized spacial score (nSPS) is 20.3. The Bertz CT molecular complexity index is 1150. The largest absolute Gasteiger partial charge is 0.407 e. The highest BCUT2D eigenvalue weighted by Crippen LogP contribution is 2.26. The van der Waals surface area contributed by atoms with Crippen molar-refractivity contribution in [2.24, 2.45) is 10.7 Å². The third-order valence-corrected chi connectivity index (χ3v) is 5.18. The monoisotopic (exact) mass is 447 g/mol. The number of nitrogens with one attached hydrogen (secondary N) is 1. The fraction of sp³-hybridized carbons (Fsp3) is 0.333. The van der Waals surface area contributed by atoms with Crippen molar-refractivity contribution in [1.29, 1.82) is 0 Å². The molecule has 4 heterocycles. The van der Waals surface area contributed by atoms with Crippen LogP contribution in [0.5, 0.6) is 0 Å². The molecule has 4 rings (SSSR count). The van der Waals surface area contributed by atoms with E-state index >= 15 is 0 Å². The topological polar surface area (TPSA) is 94.0 Å². The molecule has 7 nitrogen and oxygen atoms in total. The Hall–Kier alpha value is -3.34. The summed E-state index contributed by atoms with van der Waals surface area (Å²) >= 11 is 0. The van der Waals surface area contributed by atoms with Crippen LogP contribution in [0.2, 0.25) is 0 Å². The van der Waals surface area contributed by atoms with Crippen LogP contribution in [0.1, 0.15) is 23.7 Å². The van der Waals surface area contributed by atoms with Crippen molar-refractivity contribution in [3.8, 4) is 5.82 Å². The lowest BCUT2D eigenvalue weighted by atomic mass is 9.93. The maximum absolute atomic E-state index is 14.4. The van der Waals surface area contributed by atoms with E-state index in [-0.39, 0.29) is 11.5 Å². The molecule has 0 spiro atoms. The van der Waals surface area contributed by atoms with Crippen LogP contribution >= 0.6 is 0 Å². The van der Waals surface area contributed by atoms with E-state index in [2.05, 4.69) is 25.4 Å². The Balaban J connectivity index is 1.67. The van der Waals surface area contributed by atoms with Crippen molar-refractivity contribution in [2.75, 3.05) is 19.6 Å². The van der Waals surface area contributed by atoms with Crippen LogP contribution in [0.3, 0.4) is 0 Å². The SMILES string of the molecule is NC=C(C=NCC(F)(F)F)c1cc2c(cn1)cnn2-c1cccc(C2CNCCC2F)n1. The number of halogens is 4. The number of alkyl halides is 4. The van der Waals surface area contributed by atoms with Crippen LogP contribution in [0.25, 0.3) is 22.3 Å². The average molecular weight is 447 g/mol. The summed E-state index contributed by atoms with van der Waals surface area (Å²) in [4.78, 5) is 12.3. The quantitative estimate of drug-likeness (QED) is 0.463. The standard InChI is InChI=1S/C21H21F4N7/c22-16-4-5-27-11-15(16)17-2-1-3-20(31-17)32-19-6-18(29-9-14(19)10-30-32)13(7-26)8-28-12-21(23,24)25/h1-3,6-10,15-16,27H,4-5,11-12,26H2. The van der Waals surface area contributed by atoms with Crippen LogP contribution in [0.4, 0.5) is 17.6 Å². The predicted molar refractivity (Wildman–Crippen MR) is 113 cm³/mol. The van der Waals surface area contributed by atoms with Crippen LogP contribution < -0.4 is 11.1 Å². The lowest BCUT2D eigenvalue weighted by molar-refractivity contribution is -0.118. The number of nitrogens with zero attached hydrogens (tertiary/aromatic N) is 5. The van der Waals surface area contributed by atoms with Gasteiger partial charge >= 0.3 is 6.18 Å². The highest BCUT2D eigenvalue weighted by atomic mass is 19.4. The van der Waals surface area contributed by atoms with Gasteiger partial charge in [0.15, 0.2) is 5.82 Å². The minimum Gasteiger partial charge on any atom is -0.404 e. The van der Waals surface area contributed by atoms with Crippen molar-refractivity contribution in [3.05, 3.63) is 54.2 Å². The van der Waals surface area contributed by atoms with Gasteiger partial charge in [-0.3, -0.25) is 9.98 Å². The van der Waals surface area contributed by atoms with Crippen molar-refractivity contribution >= 4 is 22.7 Å². The van der Waals surface area contributed by atoms with Gasteiger partial charge < -0.3 is 11.1 Å². The first kappa shape index (κ1) is 21.9. The van der Waals surface area contributed by atoms with E-state index in [1.54, 1.807) is 41.3 Å². The summed E-state index contributed by atoms with van der Waals surface area (Å²) in [6.45, 7) is -0.166. The van der Waals surface area contributed by atoms with Crippen LogP contribution in [-0.2, 0) is 0 Å². The molecule has 1 fully saturated rings. The molecule has 1 aliphatic rings. The Labute approximate surface area is 181 Å². The smallest absolute Gasteiger partial charge is 0.404 e. The summed E-state index contributed by atoms with van der Waals surface area (Å²) in [7, 11) is 0. The zero-order chi connectivity index (χ0) is 22.7. The summed E-state index contributed by atoms with van der Waals surface area (Å²) in [5.74, 6) is 0.149. The van der Waals surface area contributed by atoms with E-state index in [1.165, 1.54) is 0 Å². The number of fused-ring (bicyclic) bond motifs is 1. The first-order chi connectivity index (χ1) is 15.4. The molecule has 3 aromatic rings. The van der Waals surface area contributed by atoms with Gasteiger partial charge in [0.25, 0.3) is 0 Å². The average Bonchev–Trinajstić information content (AvgIpc) is 3.20. The second-order valence-electron chi connectivity index (χ2n) is 7.43. The van der Waals surface area contributed by atoms with Gasteiger partial charge in [0, 0.05) is 42.0 Å². The van der Waals surface area contributed by atoms with Crippen molar-refractivity contribution in [2.45, 2.75) is 24.7 Å². The molecule has 3 aromatic heterocycles. The molecule has 2 atom stereocenters. The molecule has 0 saturated carbocycles. The number of nitrogens with two attached hydrogens (primary N) is 1. The summed E-state index contributed by atoms with van der Waals surface area (Å²) in [5.41, 5.74) is 7.41. The Morgan fingerprint density at radius 2 is 2.16 bits per heavy atom. The van der Waals surface area contributed by atoms with Gasteiger partial charge in [-0.05, 0) is 31.2 Å². The van der Waals surface area contributed by atoms with Crippen molar-refractivity contribution in [3.63, 3.8) is 0 Å². The second kappa shape index (κ2) is 9.03. The lowest BCUT2D eigenvalue weighted by Crippen LogP contribution is -2.36. The molecule has 0 amide bonds. The van der Waals surface area contributed by atoms with Crippen LogP contribution in [0, 0.1) is 0 Å². The number of aliphatic imine (C=N–C) groups is 1. The predicted octanol–water partition coefficient (Wildman–Crippen LogP) is 3.16. The molecule has 32 heavy (non-hydrogen) atoms. The first-order valence-electron chi connectivity index (χ1n) is 10.0. The van der Waals surface area contributed by atoms with E-state index in [4.69, 9.17) is 5.73 Å². The molecule has 11 heteroatoms. The van der Waals surface area contributed by atoms with Crippen molar-refractivity contribution < 1.29 is 17.6 Å². The number of pyridine rings is 2. The van der Waals surface area contributed by atoms with E-state index in [0.717, 1.165) is 12.4 Å². The van der Waals surface area contributed by atoms with Crippen LogP contribution in [-0.4, -0.2) is 57.9 Å². The minimum absolute atomic E-state index is 0.235. The van der Waals surface area contributed by atoms with E-state index in [9.17, 15) is 17.6 Å². The molecule has 0 bridgehead atoms. The molecular weight excluding hydrogens is 426 g/mol. The fourth-order valence-corrected chi connectivity index (χ4v) is 3.58. The number of hydrogen-bond acceptors (Lipinski definition) is 6. The Morgan fingerprint density at radius 1 is 1.31 bits per heavy atom. The van der Waals surface area contributed by atoms with E-state index in [1.807, 2.05) is 0 Å². The molecule has 3 N–H and O–H groups in total. The number of allylic oxidation sites excluding steroid dienone is 1. The highest BCUT2D eigenvalue weighted by Gasteiger charge is 2.28. The fourth-order valence-electron chi connectivity index (χ4n) is 3.58. The van der Waals surface area contributed by atoms with Gasteiger partial charge in [-0.25, -0.2) is 14.1 Å².